The highest BCUT2D eigenvalue weighted by molar-refractivity contribution is 5.98. The van der Waals surface area contributed by atoms with E-state index in [0.29, 0.717) is 0 Å². The third-order valence-electron chi connectivity index (χ3n) is 2.52. The van der Waals surface area contributed by atoms with Crippen molar-refractivity contribution in [3.05, 3.63) is 68.1 Å². The zero-order valence-corrected chi connectivity index (χ0v) is 10.9. The summed E-state index contributed by atoms with van der Waals surface area (Å²) in [7, 11) is 0. The standard InChI is InChI=1S/C12H9N5O5/c18-10-5-4-9(13-14-10)12(20)16-15-11(19)7-2-1-3-8(6-7)17(21)22/h1-6H,(H,14,18)(H,15,19)(H,16,20). The van der Waals surface area contributed by atoms with Gasteiger partial charge in [-0.2, -0.15) is 5.10 Å². The van der Waals surface area contributed by atoms with Crippen LogP contribution >= 0.6 is 0 Å². The molecule has 10 heteroatoms. The SMILES string of the molecule is O=C(NNC(=O)c1ccc(=O)[nH]n1)c1cccc([N+](=O)[O-])c1. The summed E-state index contributed by atoms with van der Waals surface area (Å²) >= 11 is 0. The van der Waals surface area contributed by atoms with Crippen LogP contribution in [0, 0.1) is 10.1 Å². The van der Waals surface area contributed by atoms with Crippen LogP contribution in [0.1, 0.15) is 20.8 Å². The van der Waals surface area contributed by atoms with Crippen molar-refractivity contribution in [3.8, 4) is 0 Å². The van der Waals surface area contributed by atoms with Crippen molar-refractivity contribution in [1.82, 2.24) is 21.0 Å². The van der Waals surface area contributed by atoms with Gasteiger partial charge < -0.3 is 0 Å². The minimum Gasteiger partial charge on any atom is -0.268 e. The van der Waals surface area contributed by atoms with Crippen molar-refractivity contribution in [2.45, 2.75) is 0 Å². The molecular weight excluding hydrogens is 294 g/mol. The highest BCUT2D eigenvalue weighted by Crippen LogP contribution is 2.12. The lowest BCUT2D eigenvalue weighted by molar-refractivity contribution is -0.384. The normalized spacial score (nSPS) is 9.82. The smallest absolute Gasteiger partial charge is 0.268 e. The fourth-order valence-corrected chi connectivity index (χ4v) is 1.48. The summed E-state index contributed by atoms with van der Waals surface area (Å²) in [6.07, 6.45) is 0. The maximum atomic E-state index is 11.8. The fraction of sp³-hybridized carbons (Fsp3) is 0. The molecule has 0 bridgehead atoms. The maximum absolute atomic E-state index is 11.8. The first-order valence-electron chi connectivity index (χ1n) is 5.88. The van der Waals surface area contributed by atoms with E-state index in [1.54, 1.807) is 0 Å². The van der Waals surface area contributed by atoms with E-state index in [4.69, 9.17) is 0 Å². The highest BCUT2D eigenvalue weighted by Gasteiger charge is 2.13. The van der Waals surface area contributed by atoms with Crippen molar-refractivity contribution in [3.63, 3.8) is 0 Å². The molecule has 1 aromatic carbocycles. The quantitative estimate of drug-likeness (QED) is 0.526. The monoisotopic (exact) mass is 303 g/mol. The Morgan fingerprint density at radius 3 is 2.50 bits per heavy atom. The molecule has 0 atom stereocenters. The number of H-pyrrole nitrogens is 1. The van der Waals surface area contributed by atoms with Gasteiger partial charge in [0, 0.05) is 23.8 Å². The summed E-state index contributed by atoms with van der Waals surface area (Å²) in [6.45, 7) is 0. The molecule has 10 nitrogen and oxygen atoms in total. The number of hydrazine groups is 1. The van der Waals surface area contributed by atoms with Crippen LogP contribution in [0.4, 0.5) is 5.69 Å². The molecule has 0 radical (unpaired) electrons. The maximum Gasteiger partial charge on any atom is 0.290 e. The first-order valence-corrected chi connectivity index (χ1v) is 5.88. The van der Waals surface area contributed by atoms with Gasteiger partial charge >= 0.3 is 0 Å². The van der Waals surface area contributed by atoms with Crippen LogP contribution in [0.15, 0.2) is 41.2 Å². The number of hydrogen-bond acceptors (Lipinski definition) is 6. The second-order valence-corrected chi connectivity index (χ2v) is 4.02. The Labute approximate surface area is 122 Å². The minimum absolute atomic E-state index is 0.00364. The van der Waals surface area contributed by atoms with Gasteiger partial charge in [-0.3, -0.25) is 35.3 Å². The largest absolute Gasteiger partial charge is 0.290 e. The van der Waals surface area contributed by atoms with E-state index in [1.807, 2.05) is 0 Å². The summed E-state index contributed by atoms with van der Waals surface area (Å²) in [5.41, 5.74) is 3.33. The Hall–Kier alpha value is -3.56. The second kappa shape index (κ2) is 6.26. The zero-order valence-electron chi connectivity index (χ0n) is 10.9. The van der Waals surface area contributed by atoms with Crippen LogP contribution in [0.25, 0.3) is 0 Å². The molecule has 2 aromatic rings. The number of aromatic amines is 1. The topological polar surface area (TPSA) is 147 Å². The Bertz CT molecular complexity index is 780. The van der Waals surface area contributed by atoms with E-state index in [9.17, 15) is 24.5 Å². The summed E-state index contributed by atoms with van der Waals surface area (Å²) < 4.78 is 0. The molecule has 22 heavy (non-hydrogen) atoms. The molecule has 0 aliphatic carbocycles. The van der Waals surface area contributed by atoms with Gasteiger partial charge in [0.15, 0.2) is 5.69 Å². The highest BCUT2D eigenvalue weighted by atomic mass is 16.6. The predicted octanol–water partition coefficient (Wildman–Crippen LogP) is -0.247. The summed E-state index contributed by atoms with van der Waals surface area (Å²) in [4.78, 5) is 44.2. The number of nitrogens with one attached hydrogen (secondary N) is 3. The van der Waals surface area contributed by atoms with Gasteiger partial charge in [-0.05, 0) is 12.1 Å². The molecule has 0 saturated carbocycles. The number of nitro benzene ring substituents is 1. The van der Waals surface area contributed by atoms with Crippen molar-refractivity contribution in [2.24, 2.45) is 0 Å². The van der Waals surface area contributed by atoms with E-state index in [0.717, 1.165) is 12.1 Å². The van der Waals surface area contributed by atoms with Crippen LogP contribution in [0.5, 0.6) is 0 Å². The second-order valence-electron chi connectivity index (χ2n) is 4.02. The first-order chi connectivity index (χ1) is 10.5. The molecule has 3 N–H and O–H groups in total. The fourth-order valence-electron chi connectivity index (χ4n) is 1.48. The molecule has 0 unspecified atom stereocenters. The van der Waals surface area contributed by atoms with E-state index >= 15 is 0 Å². The first kappa shape index (κ1) is 14.8. The number of non-ortho nitro benzene ring substituents is 1. The predicted molar refractivity (Wildman–Crippen MR) is 72.9 cm³/mol. The molecule has 0 fully saturated rings. The van der Waals surface area contributed by atoms with Crippen LogP contribution in [0.2, 0.25) is 0 Å². The average molecular weight is 303 g/mol. The lowest BCUT2D eigenvalue weighted by atomic mass is 10.2. The van der Waals surface area contributed by atoms with Gasteiger partial charge in [0.2, 0.25) is 0 Å². The van der Waals surface area contributed by atoms with Crippen molar-refractivity contribution in [2.75, 3.05) is 0 Å². The molecule has 0 aliphatic rings. The number of aromatic nitrogens is 2. The number of nitrogens with zero attached hydrogens (tertiary/aromatic N) is 2. The molecule has 2 rings (SSSR count). The number of rotatable bonds is 3. The summed E-state index contributed by atoms with van der Waals surface area (Å²) in [5.74, 6) is -1.49. The van der Waals surface area contributed by atoms with Gasteiger partial charge in [-0.1, -0.05) is 6.07 Å². The molecule has 2 amide bonds. The van der Waals surface area contributed by atoms with Crippen LogP contribution in [-0.4, -0.2) is 26.9 Å². The number of nitro groups is 1. The Morgan fingerprint density at radius 1 is 1.14 bits per heavy atom. The summed E-state index contributed by atoms with van der Waals surface area (Å²) in [6, 6.07) is 7.28. The molecule has 0 saturated heterocycles. The zero-order chi connectivity index (χ0) is 16.1. The summed E-state index contributed by atoms with van der Waals surface area (Å²) in [5, 5.41) is 16.2. The van der Waals surface area contributed by atoms with Gasteiger partial charge in [-0.15, -0.1) is 0 Å². The van der Waals surface area contributed by atoms with E-state index in [-0.39, 0.29) is 16.9 Å². The third-order valence-corrected chi connectivity index (χ3v) is 2.52. The van der Waals surface area contributed by atoms with Crippen LogP contribution in [-0.2, 0) is 0 Å². The van der Waals surface area contributed by atoms with Gasteiger partial charge in [0.1, 0.15) is 0 Å². The van der Waals surface area contributed by atoms with E-state index in [1.165, 1.54) is 24.3 Å². The van der Waals surface area contributed by atoms with Crippen molar-refractivity contribution < 1.29 is 14.5 Å². The number of benzene rings is 1. The third kappa shape index (κ3) is 3.50. The molecule has 1 heterocycles. The number of carbonyl (C=O) groups excluding carboxylic acids is 2. The Morgan fingerprint density at radius 2 is 1.86 bits per heavy atom. The van der Waals surface area contributed by atoms with Gasteiger partial charge in [0.05, 0.1) is 4.92 Å². The minimum atomic E-state index is -0.755. The van der Waals surface area contributed by atoms with Crippen molar-refractivity contribution in [1.29, 1.82) is 0 Å². The molecule has 0 aliphatic heterocycles. The number of hydrogen-bond donors (Lipinski definition) is 3. The van der Waals surface area contributed by atoms with Gasteiger partial charge in [-0.25, -0.2) is 5.10 Å². The lowest BCUT2D eigenvalue weighted by Gasteiger charge is -2.06. The molecular formula is C12H9N5O5. The average Bonchev–Trinajstić information content (AvgIpc) is 2.53. The van der Waals surface area contributed by atoms with Gasteiger partial charge in [0.25, 0.3) is 23.1 Å². The Kier molecular flexibility index (Phi) is 4.22. The van der Waals surface area contributed by atoms with Crippen molar-refractivity contribution >= 4 is 17.5 Å². The van der Waals surface area contributed by atoms with Crippen LogP contribution in [0.3, 0.4) is 0 Å². The molecule has 1 aromatic heterocycles. The number of amides is 2. The Balaban J connectivity index is 2.02. The molecule has 112 valence electrons. The van der Waals surface area contributed by atoms with E-state index in [2.05, 4.69) is 21.0 Å². The van der Waals surface area contributed by atoms with Crippen LogP contribution < -0.4 is 16.4 Å². The van der Waals surface area contributed by atoms with E-state index < -0.39 is 22.3 Å². The lowest BCUT2D eigenvalue weighted by Crippen LogP contribution is -2.42. The molecule has 0 spiro atoms. The number of carbonyl (C=O) groups is 2.